The van der Waals surface area contributed by atoms with Crippen molar-refractivity contribution in [1.82, 2.24) is 19.6 Å². The Kier molecular flexibility index (Phi) is 1.53. The first-order valence-corrected chi connectivity index (χ1v) is 3.92. The van der Waals surface area contributed by atoms with Crippen LogP contribution >= 0.6 is 0 Å². The van der Waals surface area contributed by atoms with Gasteiger partial charge in [0.05, 0.1) is 6.20 Å². The molecule has 2 aromatic heterocycles. The summed E-state index contributed by atoms with van der Waals surface area (Å²) in [5, 5.41) is 4.13. The molecule has 2 heterocycles. The Morgan fingerprint density at radius 2 is 2.25 bits per heavy atom. The van der Waals surface area contributed by atoms with Crippen molar-refractivity contribution >= 4 is 5.65 Å². The van der Waals surface area contributed by atoms with Crippen LogP contribution in [-0.4, -0.2) is 19.6 Å². The van der Waals surface area contributed by atoms with E-state index in [0.29, 0.717) is 5.92 Å². The van der Waals surface area contributed by atoms with E-state index in [2.05, 4.69) is 28.9 Å². The predicted octanol–water partition coefficient (Wildman–Crippen LogP) is 1.25. The molecule has 0 aromatic carbocycles. The van der Waals surface area contributed by atoms with Crippen LogP contribution in [0.3, 0.4) is 0 Å². The number of rotatable bonds is 1. The fourth-order valence-electron chi connectivity index (χ4n) is 1.18. The molecule has 0 radical (unpaired) electrons. The molecular formula is C8H10N4. The summed E-state index contributed by atoms with van der Waals surface area (Å²) >= 11 is 0. The van der Waals surface area contributed by atoms with E-state index in [0.717, 1.165) is 11.2 Å². The third-order valence-electron chi connectivity index (χ3n) is 1.84. The van der Waals surface area contributed by atoms with Crippen LogP contribution in [0.1, 0.15) is 25.3 Å². The van der Waals surface area contributed by atoms with Crippen molar-refractivity contribution in [3.05, 3.63) is 24.4 Å². The van der Waals surface area contributed by atoms with E-state index in [1.807, 2.05) is 6.20 Å². The maximum absolute atomic E-state index is 4.15. The molecule has 0 N–H and O–H groups in total. The van der Waals surface area contributed by atoms with Crippen molar-refractivity contribution in [3.8, 4) is 0 Å². The molecule has 0 atom stereocenters. The number of aromatic nitrogens is 4. The molecular weight excluding hydrogens is 152 g/mol. The third kappa shape index (κ3) is 0.958. The van der Waals surface area contributed by atoms with E-state index in [1.165, 1.54) is 0 Å². The maximum Gasteiger partial charge on any atom is 0.161 e. The van der Waals surface area contributed by atoms with Gasteiger partial charge in [0, 0.05) is 5.56 Å². The second-order valence-electron chi connectivity index (χ2n) is 3.03. The first-order valence-electron chi connectivity index (χ1n) is 3.92. The number of fused-ring (bicyclic) bond motifs is 1. The topological polar surface area (TPSA) is 43.1 Å². The molecule has 0 fully saturated rings. The molecule has 0 aliphatic carbocycles. The van der Waals surface area contributed by atoms with E-state index in [4.69, 9.17) is 0 Å². The second-order valence-corrected chi connectivity index (χ2v) is 3.03. The van der Waals surface area contributed by atoms with Crippen LogP contribution in [0.15, 0.2) is 18.9 Å². The van der Waals surface area contributed by atoms with E-state index >= 15 is 0 Å². The molecule has 0 spiro atoms. The van der Waals surface area contributed by atoms with Crippen LogP contribution < -0.4 is 0 Å². The smallest absolute Gasteiger partial charge is 0.161 e. The van der Waals surface area contributed by atoms with Gasteiger partial charge in [-0.2, -0.15) is 5.10 Å². The van der Waals surface area contributed by atoms with Gasteiger partial charge in [0.25, 0.3) is 0 Å². The molecule has 12 heavy (non-hydrogen) atoms. The van der Waals surface area contributed by atoms with Crippen LogP contribution in [0, 0.1) is 0 Å². The van der Waals surface area contributed by atoms with Crippen molar-refractivity contribution in [2.24, 2.45) is 0 Å². The van der Waals surface area contributed by atoms with E-state index in [-0.39, 0.29) is 0 Å². The number of hydrogen-bond acceptors (Lipinski definition) is 3. The van der Waals surface area contributed by atoms with Crippen molar-refractivity contribution in [2.75, 3.05) is 0 Å². The van der Waals surface area contributed by atoms with Gasteiger partial charge in [-0.3, -0.25) is 0 Å². The first kappa shape index (κ1) is 7.21. The Morgan fingerprint density at radius 1 is 1.42 bits per heavy atom. The number of nitrogens with zero attached hydrogens (tertiary/aromatic N) is 4. The van der Waals surface area contributed by atoms with Crippen LogP contribution in [0.2, 0.25) is 0 Å². The minimum atomic E-state index is 0.456. The van der Waals surface area contributed by atoms with E-state index in [9.17, 15) is 0 Å². The Hall–Kier alpha value is -1.45. The van der Waals surface area contributed by atoms with Gasteiger partial charge in [-0.1, -0.05) is 13.8 Å². The van der Waals surface area contributed by atoms with Gasteiger partial charge < -0.3 is 0 Å². The highest BCUT2D eigenvalue weighted by Gasteiger charge is 2.07. The summed E-state index contributed by atoms with van der Waals surface area (Å²) in [4.78, 5) is 8.03. The summed E-state index contributed by atoms with van der Waals surface area (Å²) in [6.07, 6.45) is 5.05. The Morgan fingerprint density at radius 3 is 3.00 bits per heavy atom. The molecule has 0 saturated heterocycles. The van der Waals surface area contributed by atoms with Gasteiger partial charge in [-0.25, -0.2) is 14.5 Å². The van der Waals surface area contributed by atoms with E-state index in [1.54, 1.807) is 17.2 Å². The lowest BCUT2D eigenvalue weighted by Crippen LogP contribution is -1.92. The van der Waals surface area contributed by atoms with Crippen LogP contribution in [0.5, 0.6) is 0 Å². The molecule has 0 amide bonds. The molecule has 0 unspecified atom stereocenters. The Bertz CT molecular complexity index is 391. The monoisotopic (exact) mass is 162 g/mol. The quantitative estimate of drug-likeness (QED) is 0.633. The van der Waals surface area contributed by atoms with Crippen LogP contribution in [0.4, 0.5) is 0 Å². The fraction of sp³-hybridized carbons (Fsp3) is 0.375. The van der Waals surface area contributed by atoms with Gasteiger partial charge in [0.1, 0.15) is 12.7 Å². The Labute approximate surface area is 70.3 Å². The summed E-state index contributed by atoms with van der Waals surface area (Å²) in [6.45, 7) is 4.25. The summed E-state index contributed by atoms with van der Waals surface area (Å²) in [7, 11) is 0. The highest BCUT2D eigenvalue weighted by molar-refractivity contribution is 5.46. The molecule has 0 aliphatic rings. The average molecular weight is 162 g/mol. The standard InChI is InChI=1S/C8H10N4/c1-6(2)7-3-11-12-5-9-4-10-8(7)12/h3-6H,1-2H3. The second kappa shape index (κ2) is 2.55. The molecule has 0 bridgehead atoms. The van der Waals surface area contributed by atoms with Crippen molar-refractivity contribution in [2.45, 2.75) is 19.8 Å². The van der Waals surface area contributed by atoms with Gasteiger partial charge in [-0.15, -0.1) is 0 Å². The molecule has 0 saturated carbocycles. The molecule has 2 rings (SSSR count). The zero-order valence-corrected chi connectivity index (χ0v) is 7.10. The van der Waals surface area contributed by atoms with Crippen molar-refractivity contribution in [3.63, 3.8) is 0 Å². The van der Waals surface area contributed by atoms with Gasteiger partial charge in [0.15, 0.2) is 5.65 Å². The third-order valence-corrected chi connectivity index (χ3v) is 1.84. The van der Waals surface area contributed by atoms with E-state index < -0.39 is 0 Å². The number of hydrogen-bond donors (Lipinski definition) is 0. The zero-order chi connectivity index (χ0) is 8.55. The van der Waals surface area contributed by atoms with Gasteiger partial charge in [0.2, 0.25) is 0 Å². The average Bonchev–Trinajstić information content (AvgIpc) is 2.47. The molecule has 0 aliphatic heterocycles. The Balaban J connectivity index is 2.70. The van der Waals surface area contributed by atoms with Gasteiger partial charge >= 0.3 is 0 Å². The summed E-state index contributed by atoms with van der Waals surface area (Å²) in [6, 6.07) is 0. The van der Waals surface area contributed by atoms with Gasteiger partial charge in [-0.05, 0) is 5.92 Å². The lowest BCUT2D eigenvalue weighted by Gasteiger charge is -1.98. The lowest BCUT2D eigenvalue weighted by atomic mass is 10.1. The van der Waals surface area contributed by atoms with Crippen molar-refractivity contribution < 1.29 is 0 Å². The minimum Gasteiger partial charge on any atom is -0.225 e. The molecule has 2 aromatic rings. The normalized spacial score (nSPS) is 11.2. The summed E-state index contributed by atoms with van der Waals surface area (Å²) in [5.74, 6) is 0.456. The molecule has 4 heteroatoms. The highest BCUT2D eigenvalue weighted by Crippen LogP contribution is 2.16. The van der Waals surface area contributed by atoms with Crippen LogP contribution in [-0.2, 0) is 0 Å². The maximum atomic E-state index is 4.15. The fourth-order valence-corrected chi connectivity index (χ4v) is 1.18. The molecule has 4 nitrogen and oxygen atoms in total. The largest absolute Gasteiger partial charge is 0.225 e. The molecule has 62 valence electrons. The summed E-state index contributed by atoms with van der Waals surface area (Å²) < 4.78 is 1.69. The zero-order valence-electron chi connectivity index (χ0n) is 7.10. The first-order chi connectivity index (χ1) is 5.79. The highest BCUT2D eigenvalue weighted by atomic mass is 15.3. The predicted molar refractivity (Wildman–Crippen MR) is 44.9 cm³/mol. The summed E-state index contributed by atoms with van der Waals surface area (Å²) in [5.41, 5.74) is 2.07. The minimum absolute atomic E-state index is 0.456. The SMILES string of the molecule is CC(C)c1cnn2cncnc12. The van der Waals surface area contributed by atoms with Crippen molar-refractivity contribution in [1.29, 1.82) is 0 Å². The lowest BCUT2D eigenvalue weighted by molar-refractivity contribution is 0.867. The van der Waals surface area contributed by atoms with Crippen LogP contribution in [0.25, 0.3) is 5.65 Å².